The molecule has 0 radical (unpaired) electrons. The van der Waals surface area contributed by atoms with Crippen molar-refractivity contribution >= 4 is 0 Å². The standard InChI is InChI=1S/C9H17N/c1-6-10-9(4,5)7-8(2)3/h6,10H,1-2,7H2,3-5H3. The predicted molar refractivity (Wildman–Crippen MR) is 46.8 cm³/mol. The molecule has 0 unspecified atom stereocenters. The average molecular weight is 139 g/mol. The third kappa shape index (κ3) is 4.19. The Morgan fingerprint density at radius 1 is 1.60 bits per heavy atom. The monoisotopic (exact) mass is 139 g/mol. The van der Waals surface area contributed by atoms with E-state index in [2.05, 4.69) is 32.3 Å². The predicted octanol–water partition coefficient (Wildman–Crippen LogP) is 2.46. The molecule has 0 aromatic rings. The maximum atomic E-state index is 3.85. The van der Waals surface area contributed by atoms with Crippen molar-refractivity contribution < 1.29 is 0 Å². The highest BCUT2D eigenvalue weighted by Gasteiger charge is 2.13. The van der Waals surface area contributed by atoms with E-state index in [9.17, 15) is 0 Å². The lowest BCUT2D eigenvalue weighted by Gasteiger charge is -2.25. The van der Waals surface area contributed by atoms with Gasteiger partial charge in [0.1, 0.15) is 0 Å². The molecule has 0 spiro atoms. The molecule has 1 N–H and O–H groups in total. The lowest BCUT2D eigenvalue weighted by Crippen LogP contribution is -2.35. The molecule has 0 saturated heterocycles. The SMILES string of the molecule is C=CNC(C)(C)CC(=C)C. The van der Waals surface area contributed by atoms with Gasteiger partial charge in [0.25, 0.3) is 0 Å². The first-order chi connectivity index (χ1) is 4.48. The molecule has 1 heteroatoms. The number of hydrogen-bond donors (Lipinski definition) is 1. The van der Waals surface area contributed by atoms with Crippen LogP contribution in [0.3, 0.4) is 0 Å². The fourth-order valence-corrected chi connectivity index (χ4v) is 1.08. The average Bonchev–Trinajstić information content (AvgIpc) is 1.59. The minimum absolute atomic E-state index is 0.105. The summed E-state index contributed by atoms with van der Waals surface area (Å²) in [5.74, 6) is 0. The van der Waals surface area contributed by atoms with Gasteiger partial charge in [0, 0.05) is 5.54 Å². The Morgan fingerprint density at radius 2 is 2.10 bits per heavy atom. The largest absolute Gasteiger partial charge is 0.386 e. The summed E-state index contributed by atoms with van der Waals surface area (Å²) in [4.78, 5) is 0. The fourth-order valence-electron chi connectivity index (χ4n) is 1.08. The zero-order chi connectivity index (χ0) is 8.20. The van der Waals surface area contributed by atoms with Gasteiger partial charge in [-0.15, -0.1) is 6.58 Å². The number of nitrogens with one attached hydrogen (secondary N) is 1. The molecular formula is C9H17N. The Kier molecular flexibility index (Phi) is 3.20. The summed E-state index contributed by atoms with van der Waals surface area (Å²) < 4.78 is 0. The molecule has 10 heavy (non-hydrogen) atoms. The van der Waals surface area contributed by atoms with E-state index in [0.717, 1.165) is 6.42 Å². The maximum Gasteiger partial charge on any atom is 0.0348 e. The molecule has 1 nitrogen and oxygen atoms in total. The van der Waals surface area contributed by atoms with Crippen LogP contribution >= 0.6 is 0 Å². The van der Waals surface area contributed by atoms with Gasteiger partial charge >= 0.3 is 0 Å². The molecule has 0 heterocycles. The van der Waals surface area contributed by atoms with Crippen molar-refractivity contribution in [2.24, 2.45) is 0 Å². The van der Waals surface area contributed by atoms with Gasteiger partial charge < -0.3 is 5.32 Å². The van der Waals surface area contributed by atoms with Crippen LogP contribution in [0.4, 0.5) is 0 Å². The lowest BCUT2D eigenvalue weighted by molar-refractivity contribution is 0.440. The summed E-state index contributed by atoms with van der Waals surface area (Å²) in [6, 6.07) is 0. The summed E-state index contributed by atoms with van der Waals surface area (Å²) in [5.41, 5.74) is 1.30. The van der Waals surface area contributed by atoms with E-state index >= 15 is 0 Å². The maximum absolute atomic E-state index is 3.85. The fraction of sp³-hybridized carbons (Fsp3) is 0.556. The van der Waals surface area contributed by atoms with Crippen LogP contribution in [0.25, 0.3) is 0 Å². The lowest BCUT2D eigenvalue weighted by atomic mass is 9.97. The van der Waals surface area contributed by atoms with Crippen molar-refractivity contribution in [3.8, 4) is 0 Å². The Bertz CT molecular complexity index is 134. The summed E-state index contributed by atoms with van der Waals surface area (Å²) >= 11 is 0. The van der Waals surface area contributed by atoms with Crippen molar-refractivity contribution in [3.63, 3.8) is 0 Å². The first kappa shape index (κ1) is 9.28. The molecule has 0 aliphatic carbocycles. The van der Waals surface area contributed by atoms with Crippen molar-refractivity contribution in [3.05, 3.63) is 24.9 Å². The topological polar surface area (TPSA) is 12.0 Å². The number of rotatable bonds is 4. The van der Waals surface area contributed by atoms with Gasteiger partial charge in [0.2, 0.25) is 0 Å². The van der Waals surface area contributed by atoms with Gasteiger partial charge in [-0.25, -0.2) is 0 Å². The van der Waals surface area contributed by atoms with Crippen molar-refractivity contribution in [2.45, 2.75) is 32.7 Å². The van der Waals surface area contributed by atoms with Crippen molar-refractivity contribution in [1.82, 2.24) is 5.32 Å². The van der Waals surface area contributed by atoms with E-state index in [1.807, 2.05) is 6.92 Å². The number of hydrogen-bond acceptors (Lipinski definition) is 1. The van der Waals surface area contributed by atoms with E-state index < -0.39 is 0 Å². The summed E-state index contributed by atoms with van der Waals surface area (Å²) in [6.07, 6.45) is 2.71. The highest BCUT2D eigenvalue weighted by Crippen LogP contribution is 2.13. The van der Waals surface area contributed by atoms with Crippen LogP contribution in [0.5, 0.6) is 0 Å². The quantitative estimate of drug-likeness (QED) is 0.590. The Morgan fingerprint density at radius 3 is 2.40 bits per heavy atom. The van der Waals surface area contributed by atoms with Crippen LogP contribution in [0.1, 0.15) is 27.2 Å². The van der Waals surface area contributed by atoms with E-state index in [4.69, 9.17) is 0 Å². The normalized spacial score (nSPS) is 10.7. The van der Waals surface area contributed by atoms with Gasteiger partial charge in [0.15, 0.2) is 0 Å². The molecule has 0 fully saturated rings. The van der Waals surface area contributed by atoms with Crippen LogP contribution in [0.15, 0.2) is 24.9 Å². The van der Waals surface area contributed by atoms with Crippen LogP contribution in [0, 0.1) is 0 Å². The summed E-state index contributed by atoms with van der Waals surface area (Å²) in [7, 11) is 0. The summed E-state index contributed by atoms with van der Waals surface area (Å²) in [5, 5.41) is 3.16. The molecule has 0 aliphatic heterocycles. The molecule has 0 aromatic heterocycles. The first-order valence-electron chi connectivity index (χ1n) is 3.51. The van der Waals surface area contributed by atoms with Crippen LogP contribution in [0.2, 0.25) is 0 Å². The van der Waals surface area contributed by atoms with E-state index in [0.29, 0.717) is 0 Å². The highest BCUT2D eigenvalue weighted by molar-refractivity contribution is 4.98. The second-order valence-corrected chi connectivity index (χ2v) is 3.37. The molecule has 0 atom stereocenters. The third-order valence-corrected chi connectivity index (χ3v) is 1.24. The molecule has 0 amide bonds. The Labute approximate surface area is 63.8 Å². The zero-order valence-electron chi connectivity index (χ0n) is 7.20. The molecule has 0 bridgehead atoms. The minimum Gasteiger partial charge on any atom is -0.386 e. The van der Waals surface area contributed by atoms with Crippen LogP contribution in [-0.4, -0.2) is 5.54 Å². The molecule has 0 aromatic carbocycles. The summed E-state index contributed by atoms with van der Waals surface area (Å²) in [6.45, 7) is 13.8. The van der Waals surface area contributed by atoms with E-state index in [1.165, 1.54) is 5.57 Å². The minimum atomic E-state index is 0.105. The van der Waals surface area contributed by atoms with Crippen LogP contribution < -0.4 is 5.32 Å². The first-order valence-corrected chi connectivity index (χ1v) is 3.51. The smallest absolute Gasteiger partial charge is 0.0348 e. The third-order valence-electron chi connectivity index (χ3n) is 1.24. The molecule has 58 valence electrons. The zero-order valence-corrected chi connectivity index (χ0v) is 7.20. The molecule has 0 rings (SSSR count). The second kappa shape index (κ2) is 3.45. The van der Waals surface area contributed by atoms with Gasteiger partial charge in [-0.3, -0.25) is 0 Å². The van der Waals surface area contributed by atoms with Gasteiger partial charge in [-0.05, 0) is 33.4 Å². The van der Waals surface area contributed by atoms with E-state index in [1.54, 1.807) is 6.20 Å². The molecule has 0 saturated carbocycles. The van der Waals surface area contributed by atoms with Crippen LogP contribution in [-0.2, 0) is 0 Å². The Hall–Kier alpha value is -0.720. The van der Waals surface area contributed by atoms with Gasteiger partial charge in [-0.2, -0.15) is 0 Å². The second-order valence-electron chi connectivity index (χ2n) is 3.37. The van der Waals surface area contributed by atoms with Gasteiger partial charge in [0.05, 0.1) is 0 Å². The highest BCUT2D eigenvalue weighted by atomic mass is 14.9. The molecular weight excluding hydrogens is 122 g/mol. The van der Waals surface area contributed by atoms with Crippen molar-refractivity contribution in [2.75, 3.05) is 0 Å². The molecule has 0 aliphatic rings. The van der Waals surface area contributed by atoms with Crippen molar-refractivity contribution in [1.29, 1.82) is 0 Å². The van der Waals surface area contributed by atoms with Gasteiger partial charge in [-0.1, -0.05) is 12.2 Å². The Balaban J connectivity index is 3.85. The van der Waals surface area contributed by atoms with E-state index in [-0.39, 0.29) is 5.54 Å².